The summed E-state index contributed by atoms with van der Waals surface area (Å²) in [5.74, 6) is -0.285. The maximum Gasteiger partial charge on any atom is 0.248 e. The van der Waals surface area contributed by atoms with E-state index < -0.39 is 0 Å². The fourth-order valence-electron chi connectivity index (χ4n) is 1.13. The van der Waals surface area contributed by atoms with E-state index in [0.29, 0.717) is 9.92 Å². The molecule has 0 saturated heterocycles. The average Bonchev–Trinajstić information content (AvgIpc) is 2.22. The fourth-order valence-corrected chi connectivity index (χ4v) is 1.98. The molecule has 4 heteroatoms. The second-order valence-electron chi connectivity index (χ2n) is 2.91. The minimum Gasteiger partial charge on any atom is -0.317 e. The molecule has 1 N–H and O–H groups in total. The number of benzene rings is 1. The zero-order valence-electron chi connectivity index (χ0n) is 7.74. The van der Waals surface area contributed by atoms with Gasteiger partial charge in [-0.05, 0) is 18.2 Å². The van der Waals surface area contributed by atoms with Gasteiger partial charge in [0.05, 0.1) is 5.03 Å². The first kappa shape index (κ1) is 9.98. The number of aromatic amines is 1. The standard InChI is InChI=1S/C11H8FNOS/c12-8-4-1-2-5-9(8)15-11-7-3-6-10(14)13-11/h1-7H,(H,13,14). The summed E-state index contributed by atoms with van der Waals surface area (Å²) in [4.78, 5) is 14.1. The molecule has 1 aromatic carbocycles. The summed E-state index contributed by atoms with van der Waals surface area (Å²) < 4.78 is 13.3. The molecule has 1 aromatic heterocycles. The molecule has 0 atom stereocenters. The van der Waals surface area contributed by atoms with Crippen LogP contribution in [0.5, 0.6) is 0 Å². The van der Waals surface area contributed by atoms with Gasteiger partial charge >= 0.3 is 0 Å². The van der Waals surface area contributed by atoms with Gasteiger partial charge in [-0.15, -0.1) is 0 Å². The number of halogens is 1. The highest BCUT2D eigenvalue weighted by molar-refractivity contribution is 7.99. The number of aromatic nitrogens is 1. The summed E-state index contributed by atoms with van der Waals surface area (Å²) in [6, 6.07) is 11.3. The second kappa shape index (κ2) is 4.31. The Morgan fingerprint density at radius 3 is 2.60 bits per heavy atom. The van der Waals surface area contributed by atoms with Crippen molar-refractivity contribution in [2.75, 3.05) is 0 Å². The van der Waals surface area contributed by atoms with E-state index in [1.54, 1.807) is 30.3 Å². The Morgan fingerprint density at radius 2 is 1.87 bits per heavy atom. The SMILES string of the molecule is O=c1cccc(Sc2ccccc2F)[nH]1. The minimum atomic E-state index is -0.285. The van der Waals surface area contributed by atoms with Gasteiger partial charge in [0.15, 0.2) is 0 Å². The van der Waals surface area contributed by atoms with Crippen molar-refractivity contribution in [3.8, 4) is 0 Å². The van der Waals surface area contributed by atoms with E-state index in [1.807, 2.05) is 0 Å². The Hall–Kier alpha value is -1.55. The summed E-state index contributed by atoms with van der Waals surface area (Å²) in [5.41, 5.74) is -0.184. The molecule has 0 aliphatic heterocycles. The molecule has 15 heavy (non-hydrogen) atoms. The van der Waals surface area contributed by atoms with E-state index in [1.165, 1.54) is 23.9 Å². The molecule has 2 nitrogen and oxygen atoms in total. The fraction of sp³-hybridized carbons (Fsp3) is 0. The van der Waals surface area contributed by atoms with Crippen molar-refractivity contribution in [3.63, 3.8) is 0 Å². The van der Waals surface area contributed by atoms with Gasteiger partial charge in [-0.1, -0.05) is 30.0 Å². The van der Waals surface area contributed by atoms with Gasteiger partial charge in [0.2, 0.25) is 5.56 Å². The molecule has 0 aliphatic rings. The van der Waals surface area contributed by atoms with E-state index in [0.717, 1.165) is 0 Å². The van der Waals surface area contributed by atoms with Crippen LogP contribution in [0.25, 0.3) is 0 Å². The Bertz CT molecular complexity index is 524. The molecule has 1 heterocycles. The zero-order chi connectivity index (χ0) is 10.7. The van der Waals surface area contributed by atoms with Crippen LogP contribution >= 0.6 is 11.8 Å². The first-order chi connectivity index (χ1) is 7.25. The monoisotopic (exact) mass is 221 g/mol. The van der Waals surface area contributed by atoms with Gasteiger partial charge in [0, 0.05) is 11.0 Å². The predicted molar refractivity (Wildman–Crippen MR) is 57.6 cm³/mol. The van der Waals surface area contributed by atoms with Crippen LogP contribution in [0.1, 0.15) is 0 Å². The highest BCUT2D eigenvalue weighted by Gasteiger charge is 2.02. The van der Waals surface area contributed by atoms with Crippen LogP contribution in [0.3, 0.4) is 0 Å². The summed E-state index contributed by atoms with van der Waals surface area (Å²) >= 11 is 1.20. The number of hydrogen-bond acceptors (Lipinski definition) is 2. The molecule has 0 saturated carbocycles. The Kier molecular flexibility index (Phi) is 2.87. The molecule has 2 rings (SSSR count). The van der Waals surface area contributed by atoms with Crippen LogP contribution in [-0.2, 0) is 0 Å². The average molecular weight is 221 g/mol. The molecule has 76 valence electrons. The molecule has 0 amide bonds. The number of nitrogens with one attached hydrogen (secondary N) is 1. The van der Waals surface area contributed by atoms with E-state index in [9.17, 15) is 9.18 Å². The quantitative estimate of drug-likeness (QED) is 0.845. The van der Waals surface area contributed by atoms with E-state index in [4.69, 9.17) is 0 Å². The van der Waals surface area contributed by atoms with Crippen molar-refractivity contribution in [2.24, 2.45) is 0 Å². The normalized spacial score (nSPS) is 10.2. The van der Waals surface area contributed by atoms with Gasteiger partial charge in [-0.3, -0.25) is 4.79 Å². The van der Waals surface area contributed by atoms with Gasteiger partial charge in [0.25, 0.3) is 0 Å². The van der Waals surface area contributed by atoms with E-state index in [2.05, 4.69) is 4.98 Å². The maximum atomic E-state index is 13.3. The van der Waals surface area contributed by atoms with Crippen LogP contribution in [-0.4, -0.2) is 4.98 Å². The molecular formula is C11H8FNOS. The van der Waals surface area contributed by atoms with Crippen molar-refractivity contribution < 1.29 is 4.39 Å². The van der Waals surface area contributed by atoms with E-state index >= 15 is 0 Å². The van der Waals surface area contributed by atoms with Crippen molar-refractivity contribution in [2.45, 2.75) is 9.92 Å². The lowest BCUT2D eigenvalue weighted by molar-refractivity contribution is 0.602. The lowest BCUT2D eigenvalue weighted by Crippen LogP contribution is -2.02. The van der Waals surface area contributed by atoms with Crippen LogP contribution in [0, 0.1) is 5.82 Å². The first-order valence-corrected chi connectivity index (χ1v) is 5.19. The molecule has 0 bridgehead atoms. The van der Waals surface area contributed by atoms with Crippen molar-refractivity contribution in [1.82, 2.24) is 4.98 Å². The van der Waals surface area contributed by atoms with Gasteiger partial charge < -0.3 is 4.98 Å². The highest BCUT2D eigenvalue weighted by atomic mass is 32.2. The van der Waals surface area contributed by atoms with Crippen LogP contribution in [0.4, 0.5) is 4.39 Å². The van der Waals surface area contributed by atoms with Gasteiger partial charge in [-0.2, -0.15) is 0 Å². The largest absolute Gasteiger partial charge is 0.317 e. The maximum absolute atomic E-state index is 13.3. The third kappa shape index (κ3) is 2.47. The molecule has 2 aromatic rings. The molecule has 0 unspecified atom stereocenters. The minimum absolute atomic E-state index is 0.184. The lowest BCUT2D eigenvalue weighted by atomic mass is 10.3. The topological polar surface area (TPSA) is 32.9 Å². The third-order valence-electron chi connectivity index (χ3n) is 1.80. The van der Waals surface area contributed by atoms with Crippen molar-refractivity contribution >= 4 is 11.8 Å². The summed E-state index contributed by atoms with van der Waals surface area (Å²) in [5, 5.41) is 0.632. The Morgan fingerprint density at radius 1 is 1.07 bits per heavy atom. The Labute approximate surface area is 90.2 Å². The highest BCUT2D eigenvalue weighted by Crippen LogP contribution is 2.26. The summed E-state index contributed by atoms with van der Waals surface area (Å²) in [7, 11) is 0. The summed E-state index contributed by atoms with van der Waals surface area (Å²) in [6.07, 6.45) is 0. The van der Waals surface area contributed by atoms with E-state index in [-0.39, 0.29) is 11.4 Å². The predicted octanol–water partition coefficient (Wildman–Crippen LogP) is 2.67. The van der Waals surface area contributed by atoms with Crippen molar-refractivity contribution in [3.05, 3.63) is 58.6 Å². The molecule has 0 radical (unpaired) electrons. The lowest BCUT2D eigenvalue weighted by Gasteiger charge is -2.01. The van der Waals surface area contributed by atoms with Crippen LogP contribution < -0.4 is 5.56 Å². The Balaban J connectivity index is 2.30. The number of rotatable bonds is 2. The summed E-state index contributed by atoms with van der Waals surface area (Å²) in [6.45, 7) is 0. The zero-order valence-corrected chi connectivity index (χ0v) is 8.55. The first-order valence-electron chi connectivity index (χ1n) is 4.37. The molecule has 0 spiro atoms. The molecule has 0 fully saturated rings. The number of H-pyrrole nitrogens is 1. The second-order valence-corrected chi connectivity index (χ2v) is 4.00. The molecule has 0 aliphatic carbocycles. The van der Waals surface area contributed by atoms with Crippen molar-refractivity contribution in [1.29, 1.82) is 0 Å². The van der Waals surface area contributed by atoms with Gasteiger partial charge in [0.1, 0.15) is 5.82 Å². The van der Waals surface area contributed by atoms with Gasteiger partial charge in [-0.25, -0.2) is 4.39 Å². The number of hydrogen-bond donors (Lipinski definition) is 1. The smallest absolute Gasteiger partial charge is 0.248 e. The third-order valence-corrected chi connectivity index (χ3v) is 2.81. The van der Waals surface area contributed by atoms with Crippen LogP contribution in [0.2, 0.25) is 0 Å². The number of pyridine rings is 1. The van der Waals surface area contributed by atoms with Crippen LogP contribution in [0.15, 0.2) is 57.2 Å². The molecular weight excluding hydrogens is 213 g/mol.